The van der Waals surface area contributed by atoms with Gasteiger partial charge in [-0.25, -0.2) is 0 Å². The van der Waals surface area contributed by atoms with Gasteiger partial charge in [-0.3, -0.25) is 0 Å². The number of halogens is 27. The molecule has 0 aromatic heterocycles. The Morgan fingerprint density at radius 1 is 0.281 bits per heavy atom. The minimum atomic E-state index is -7.86. The number of rotatable bonds is 6. The first kappa shape index (κ1) is 53.4. The number of alkyl halides is 27. The van der Waals surface area contributed by atoms with Crippen LogP contribution in [0, 0.1) is 0 Å². The first-order valence-corrected chi connectivity index (χ1v) is 19.1. The molecule has 0 radical (unpaired) electrons. The fourth-order valence-corrected chi connectivity index (χ4v) is 7.89. The van der Waals surface area contributed by atoms with E-state index in [9.17, 15) is 133 Å². The summed E-state index contributed by atoms with van der Waals surface area (Å²) in [5.41, 5.74) is -39.2. The van der Waals surface area contributed by atoms with Crippen molar-refractivity contribution in [1.29, 1.82) is 0 Å². The zero-order valence-electron chi connectivity index (χ0n) is 28.6. The molecule has 34 heteroatoms. The SMILES string of the molecule is O=C([O][Bi]([O]C(=O)c1c(C(F)(F)F)cc(C(F)(F)F)cc1C(F)(F)F)[O]C(=O)c1c(C(F)(F)F)cc(C(F)(F)F)cc1C(F)(F)F)c1c(C(F)(F)F)cc(C(F)(F)F)cc1C(F)(F)F. The predicted molar refractivity (Wildman–Crippen MR) is 146 cm³/mol. The van der Waals surface area contributed by atoms with Gasteiger partial charge in [-0.05, 0) is 0 Å². The molecule has 3 aromatic rings. The molecule has 64 heavy (non-hydrogen) atoms. The Hall–Kier alpha value is -4.94. The van der Waals surface area contributed by atoms with E-state index in [0.29, 0.717) is 0 Å². The molecule has 0 aliphatic rings. The Balaban J connectivity index is 2.51. The van der Waals surface area contributed by atoms with Crippen LogP contribution in [-0.4, -0.2) is 41.0 Å². The van der Waals surface area contributed by atoms with E-state index < -0.39 is 200 Å². The zero-order valence-corrected chi connectivity index (χ0v) is 32.0. The van der Waals surface area contributed by atoms with E-state index in [-0.39, 0.29) is 0 Å². The van der Waals surface area contributed by atoms with Crippen molar-refractivity contribution in [1.82, 2.24) is 0 Å². The van der Waals surface area contributed by atoms with E-state index in [1.165, 1.54) is 0 Å². The standard InChI is InChI=1S/3C10H3F9O2.Bi/c3*11-8(12,13)3-1-4(9(14,15)16)6(7(20)21)5(2-3)10(17,18)19;/h3*1-2H,(H,20,21);/q;;;+3/p-3. The van der Waals surface area contributed by atoms with Crippen LogP contribution in [0.3, 0.4) is 0 Å². The van der Waals surface area contributed by atoms with Crippen LogP contribution in [0.5, 0.6) is 0 Å². The fraction of sp³-hybridized carbons (Fsp3) is 0.300. The molecule has 0 bridgehead atoms. The Labute approximate surface area is 341 Å². The molecular weight excluding hydrogens is 1180 g/mol. The summed E-state index contributed by atoms with van der Waals surface area (Å²) in [5, 5.41) is 0. The van der Waals surface area contributed by atoms with Crippen molar-refractivity contribution in [3.8, 4) is 0 Å². The van der Waals surface area contributed by atoms with Crippen LogP contribution >= 0.6 is 0 Å². The molecule has 0 fully saturated rings. The van der Waals surface area contributed by atoms with Crippen molar-refractivity contribution in [2.24, 2.45) is 0 Å². The van der Waals surface area contributed by atoms with Crippen LogP contribution in [0.1, 0.15) is 81.1 Å². The van der Waals surface area contributed by atoms with Gasteiger partial charge in [0.2, 0.25) is 0 Å². The molecule has 0 aliphatic carbocycles. The summed E-state index contributed by atoms with van der Waals surface area (Å²) in [4.78, 5) is 39.0. The van der Waals surface area contributed by atoms with E-state index in [4.69, 9.17) is 0 Å². The number of hydrogen-bond acceptors (Lipinski definition) is 6. The second-order valence-electron chi connectivity index (χ2n) is 11.7. The average Bonchev–Trinajstić information content (AvgIpc) is 3.06. The number of carbonyl (C=O) groups excluding carboxylic acids is 3. The zero-order chi connectivity index (χ0) is 50.1. The maximum atomic E-state index is 13.9. The Bertz CT molecular complexity index is 1940. The van der Waals surface area contributed by atoms with Crippen molar-refractivity contribution in [2.75, 3.05) is 0 Å². The molecule has 0 unspecified atom stereocenters. The Kier molecular flexibility index (Phi) is 14.0. The van der Waals surface area contributed by atoms with Gasteiger partial charge in [0, 0.05) is 0 Å². The average molecular weight is 1180 g/mol. The van der Waals surface area contributed by atoms with Gasteiger partial charge < -0.3 is 0 Å². The molecule has 0 aliphatic heterocycles. The molecule has 0 N–H and O–H groups in total. The van der Waals surface area contributed by atoms with Gasteiger partial charge in [0.15, 0.2) is 0 Å². The Morgan fingerprint density at radius 3 is 0.531 bits per heavy atom. The van der Waals surface area contributed by atoms with Gasteiger partial charge in [0.25, 0.3) is 0 Å². The van der Waals surface area contributed by atoms with Crippen LogP contribution in [0.25, 0.3) is 0 Å². The molecule has 0 heterocycles. The molecule has 0 saturated heterocycles. The third kappa shape index (κ3) is 12.2. The summed E-state index contributed by atoms with van der Waals surface area (Å²) in [6.07, 6.45) is -58.5. The van der Waals surface area contributed by atoms with E-state index in [1.54, 1.807) is 0 Å². The molecule has 0 spiro atoms. The van der Waals surface area contributed by atoms with Crippen LogP contribution in [0.4, 0.5) is 119 Å². The van der Waals surface area contributed by atoms with Gasteiger partial charge in [-0.2, -0.15) is 0 Å². The quantitative estimate of drug-likeness (QED) is 0.181. The summed E-state index contributed by atoms with van der Waals surface area (Å²) >= 11 is -7.86. The van der Waals surface area contributed by atoms with Crippen molar-refractivity contribution in [3.63, 3.8) is 0 Å². The predicted octanol–water partition coefficient (Wildman–Crippen LogP) is 12.7. The van der Waals surface area contributed by atoms with Crippen LogP contribution in [0.2, 0.25) is 0 Å². The van der Waals surface area contributed by atoms with Crippen molar-refractivity contribution in [2.45, 2.75) is 55.6 Å². The van der Waals surface area contributed by atoms with Crippen LogP contribution in [0.15, 0.2) is 36.4 Å². The van der Waals surface area contributed by atoms with Crippen LogP contribution < -0.4 is 0 Å². The van der Waals surface area contributed by atoms with Gasteiger partial charge in [-0.1, -0.05) is 0 Å². The summed E-state index contributed by atoms with van der Waals surface area (Å²) in [7, 11) is 0. The van der Waals surface area contributed by atoms with Gasteiger partial charge in [-0.15, -0.1) is 0 Å². The molecule has 6 nitrogen and oxygen atoms in total. The Morgan fingerprint density at radius 2 is 0.422 bits per heavy atom. The van der Waals surface area contributed by atoms with Gasteiger partial charge in [0.1, 0.15) is 0 Å². The van der Waals surface area contributed by atoms with E-state index in [0.717, 1.165) is 0 Å². The second-order valence-corrected chi connectivity index (χ2v) is 15.5. The third-order valence-corrected chi connectivity index (χ3v) is 11.0. The van der Waals surface area contributed by atoms with Crippen molar-refractivity contribution >= 4 is 41.0 Å². The molecule has 3 rings (SSSR count). The molecule has 0 amide bonds. The molecule has 356 valence electrons. The van der Waals surface area contributed by atoms with Crippen LogP contribution in [-0.2, 0) is 64.0 Å². The topological polar surface area (TPSA) is 78.9 Å². The number of hydrogen-bond donors (Lipinski definition) is 0. The molecule has 3 aromatic carbocycles. The normalized spacial score (nSPS) is 13.9. The summed E-state index contributed by atoms with van der Waals surface area (Å²) < 4.78 is 382. The first-order chi connectivity index (χ1) is 28.2. The van der Waals surface area contributed by atoms with E-state index in [2.05, 4.69) is 8.44 Å². The van der Waals surface area contributed by atoms with E-state index in [1.807, 2.05) is 0 Å². The second kappa shape index (κ2) is 16.8. The van der Waals surface area contributed by atoms with Gasteiger partial charge >= 0.3 is 341 Å². The molecule has 0 saturated carbocycles. The van der Waals surface area contributed by atoms with E-state index >= 15 is 0 Å². The maximum absolute atomic E-state index is 13.9. The monoisotopic (exact) mass is 1180 g/mol. The first-order valence-electron chi connectivity index (χ1n) is 14.8. The van der Waals surface area contributed by atoms with Crippen molar-refractivity contribution in [3.05, 3.63) is 103 Å². The molecule has 0 atom stereocenters. The fourth-order valence-electron chi connectivity index (χ4n) is 4.81. The molecular formula is C30H6BiF27O6. The number of benzene rings is 3. The van der Waals surface area contributed by atoms with Gasteiger partial charge in [0.05, 0.1) is 0 Å². The summed E-state index contributed by atoms with van der Waals surface area (Å²) in [6.45, 7) is 0. The minimum absolute atomic E-state index is 1.32. The third-order valence-electron chi connectivity index (χ3n) is 7.31. The summed E-state index contributed by atoms with van der Waals surface area (Å²) in [5.74, 6) is -10.9. The van der Waals surface area contributed by atoms with Crippen molar-refractivity contribution < 1.29 is 141 Å². The number of carbonyl (C=O) groups is 3. The summed E-state index contributed by atoms with van der Waals surface area (Å²) in [6, 6.07) is -7.95.